The molecule has 0 aromatic carbocycles. The Morgan fingerprint density at radius 3 is 1.57 bits per heavy atom. The first kappa shape index (κ1) is 5.54. The molecule has 0 aliphatic carbocycles. The van der Waals surface area contributed by atoms with E-state index < -0.39 is 8.46 Å². The molecule has 7 heavy (non-hydrogen) atoms. The highest BCUT2D eigenvalue weighted by atomic mass is 36.0. The molecule has 0 saturated heterocycles. The lowest BCUT2D eigenvalue weighted by Gasteiger charge is -2.08. The summed E-state index contributed by atoms with van der Waals surface area (Å²) >= 11 is 0. The average molecular weight is 155 g/mol. The molecule has 1 heterocycles. The lowest BCUT2D eigenvalue weighted by molar-refractivity contribution is 2.15. The van der Waals surface area contributed by atoms with E-state index in [0.717, 1.165) is 0 Å². The van der Waals surface area contributed by atoms with Crippen LogP contribution in [0.3, 0.4) is 0 Å². The quantitative estimate of drug-likeness (QED) is 0.504. The van der Waals surface area contributed by atoms with Crippen LogP contribution in [0.25, 0.3) is 0 Å². The fraction of sp³-hybridized carbons (Fsp3) is 0. The largest absolute Gasteiger partial charge is 0.0544 e. The Morgan fingerprint density at radius 2 is 1.43 bits per heavy atom. The van der Waals surface area contributed by atoms with E-state index in [0.29, 0.717) is 0 Å². The summed E-state index contributed by atoms with van der Waals surface area (Å²) in [6.45, 7) is 0. The second-order valence-corrected chi connectivity index (χ2v) is 6.39. The van der Waals surface area contributed by atoms with Gasteiger partial charge < -0.3 is 0 Å². The van der Waals surface area contributed by atoms with Crippen LogP contribution in [-0.4, -0.2) is 0 Å². The summed E-state index contributed by atoms with van der Waals surface area (Å²) in [5.74, 6) is 0. The van der Waals surface area contributed by atoms with Gasteiger partial charge in [-0.2, -0.15) is 0 Å². The summed E-state index contributed by atoms with van der Waals surface area (Å²) in [6, 6.07) is 0. The molecule has 0 aromatic heterocycles. The van der Waals surface area contributed by atoms with Crippen molar-refractivity contribution in [3.63, 3.8) is 0 Å². The van der Waals surface area contributed by atoms with E-state index >= 15 is 0 Å². The maximum atomic E-state index is 5.64. The molecule has 0 spiro atoms. The third-order valence-electron chi connectivity index (χ3n) is 0.631. The average Bonchev–Trinajstić information content (AvgIpc) is 1.84. The molecule has 40 valence electrons. The molecule has 1 aliphatic heterocycles. The van der Waals surface area contributed by atoms with Crippen molar-refractivity contribution in [1.29, 1.82) is 0 Å². The smallest absolute Gasteiger partial charge is 0.0157 e. The number of rotatable bonds is 0. The summed E-state index contributed by atoms with van der Waals surface area (Å²) in [4.78, 5) is 0. The number of hydrogen-bond acceptors (Lipinski definition) is 0. The van der Waals surface area contributed by atoms with Gasteiger partial charge in [0.15, 0.2) is 0 Å². The Hall–Kier alpha value is 0.410. The highest BCUT2D eigenvalue weighted by Crippen LogP contribution is 2.63. The van der Waals surface area contributed by atoms with Gasteiger partial charge in [-0.05, 0) is 40.6 Å². The van der Waals surface area contributed by atoms with Crippen molar-refractivity contribution in [3.8, 4) is 0 Å². The van der Waals surface area contributed by atoms with Gasteiger partial charge in [0.25, 0.3) is 0 Å². The highest BCUT2D eigenvalue weighted by Gasteiger charge is 2.09. The molecule has 3 heteroatoms. The fourth-order valence-electron chi connectivity index (χ4n) is 0.346. The molecule has 0 N–H and O–H groups in total. The predicted octanol–water partition coefficient (Wildman–Crippen LogP) is 3.14. The van der Waals surface area contributed by atoms with Crippen LogP contribution >= 0.6 is 29.8 Å². The van der Waals surface area contributed by atoms with E-state index in [1.807, 2.05) is 12.2 Å². The predicted molar refractivity (Wildman–Crippen MR) is 37.6 cm³/mol. The lowest BCUT2D eigenvalue weighted by atomic mass is 10.6. The second kappa shape index (κ2) is 1.73. The van der Waals surface area contributed by atoms with E-state index in [2.05, 4.69) is 0 Å². The summed E-state index contributed by atoms with van der Waals surface area (Å²) in [7, 11) is 9.82. The third kappa shape index (κ3) is 1.41. The van der Waals surface area contributed by atoms with Gasteiger partial charge in [-0.3, -0.25) is 0 Å². The fourth-order valence-corrected chi connectivity index (χ4v) is 1.75. The van der Waals surface area contributed by atoms with E-state index in [1.165, 1.54) is 0 Å². The maximum absolute atomic E-state index is 5.64. The zero-order valence-electron chi connectivity index (χ0n) is 3.47. The SMILES string of the molecule is ClS1(Cl)C=CC=C1. The van der Waals surface area contributed by atoms with E-state index in [4.69, 9.17) is 21.4 Å². The molecule has 0 fully saturated rings. The van der Waals surface area contributed by atoms with E-state index in [-0.39, 0.29) is 0 Å². The first-order chi connectivity index (χ1) is 3.21. The minimum atomic E-state index is -1.46. The van der Waals surface area contributed by atoms with Gasteiger partial charge in [0.1, 0.15) is 0 Å². The maximum Gasteiger partial charge on any atom is -0.0157 e. The molecule has 1 aliphatic rings. The molecular weight excluding hydrogens is 151 g/mol. The number of allylic oxidation sites excluding steroid dienone is 2. The monoisotopic (exact) mass is 154 g/mol. The van der Waals surface area contributed by atoms with Gasteiger partial charge in [-0.15, -0.1) is 0 Å². The van der Waals surface area contributed by atoms with Gasteiger partial charge in [-0.1, -0.05) is 12.2 Å². The third-order valence-corrected chi connectivity index (χ3v) is 2.91. The Labute approximate surface area is 53.1 Å². The van der Waals surface area contributed by atoms with Crippen LogP contribution in [0.4, 0.5) is 0 Å². The van der Waals surface area contributed by atoms with Crippen molar-refractivity contribution < 1.29 is 0 Å². The Kier molecular flexibility index (Phi) is 1.37. The van der Waals surface area contributed by atoms with Gasteiger partial charge in [0.05, 0.1) is 0 Å². The Balaban J connectivity index is 2.77. The van der Waals surface area contributed by atoms with Crippen molar-refractivity contribution in [3.05, 3.63) is 23.0 Å². The van der Waals surface area contributed by atoms with Gasteiger partial charge >= 0.3 is 0 Å². The van der Waals surface area contributed by atoms with Crippen molar-refractivity contribution in [2.45, 2.75) is 0 Å². The Bertz CT molecular complexity index is 112. The minimum Gasteiger partial charge on any atom is -0.0544 e. The standard InChI is InChI=1S/C4H4Cl2S/c5-7(6)3-1-2-4-7/h1-4H. The van der Waals surface area contributed by atoms with Crippen LogP contribution in [0.5, 0.6) is 0 Å². The Morgan fingerprint density at radius 1 is 1.00 bits per heavy atom. The van der Waals surface area contributed by atoms with Crippen molar-refractivity contribution in [2.24, 2.45) is 0 Å². The molecule has 0 aromatic rings. The van der Waals surface area contributed by atoms with E-state index in [9.17, 15) is 0 Å². The first-order valence-electron chi connectivity index (χ1n) is 1.78. The van der Waals surface area contributed by atoms with Crippen LogP contribution < -0.4 is 0 Å². The molecule has 0 nitrogen and oxygen atoms in total. The molecular formula is C4H4Cl2S. The molecule has 1 rings (SSSR count). The van der Waals surface area contributed by atoms with Crippen LogP contribution in [0.15, 0.2) is 23.0 Å². The number of hydrogen-bond donors (Lipinski definition) is 0. The minimum absolute atomic E-state index is 1.46. The molecule has 0 radical (unpaired) electrons. The summed E-state index contributed by atoms with van der Waals surface area (Å²) < 4.78 is 0. The van der Waals surface area contributed by atoms with Crippen LogP contribution in [0.2, 0.25) is 0 Å². The van der Waals surface area contributed by atoms with Gasteiger partial charge in [0.2, 0.25) is 0 Å². The van der Waals surface area contributed by atoms with Crippen molar-refractivity contribution in [2.75, 3.05) is 0 Å². The molecule has 0 amide bonds. The zero-order valence-corrected chi connectivity index (χ0v) is 5.80. The topological polar surface area (TPSA) is 0 Å². The number of halogens is 2. The molecule has 0 bridgehead atoms. The molecule has 0 atom stereocenters. The highest BCUT2D eigenvalue weighted by molar-refractivity contribution is 8.69. The van der Waals surface area contributed by atoms with Gasteiger partial charge in [0, 0.05) is 0 Å². The molecule has 0 unspecified atom stereocenters. The zero-order chi connectivity index (χ0) is 5.33. The van der Waals surface area contributed by atoms with Gasteiger partial charge in [-0.25, -0.2) is 0 Å². The van der Waals surface area contributed by atoms with Crippen LogP contribution in [0, 0.1) is 0 Å². The first-order valence-corrected chi connectivity index (χ1v) is 5.19. The lowest BCUT2D eigenvalue weighted by Crippen LogP contribution is -1.55. The second-order valence-electron chi connectivity index (χ2n) is 1.21. The van der Waals surface area contributed by atoms with Crippen molar-refractivity contribution in [1.82, 2.24) is 0 Å². The van der Waals surface area contributed by atoms with Crippen molar-refractivity contribution >= 4 is 29.8 Å². The summed E-state index contributed by atoms with van der Waals surface area (Å²) in [6.07, 6.45) is 3.71. The van der Waals surface area contributed by atoms with Crippen LogP contribution in [-0.2, 0) is 0 Å². The van der Waals surface area contributed by atoms with Crippen LogP contribution in [0.1, 0.15) is 0 Å². The summed E-state index contributed by atoms with van der Waals surface area (Å²) in [5.41, 5.74) is 0. The normalized spacial score (nSPS) is 28.3. The molecule has 0 saturated carbocycles. The summed E-state index contributed by atoms with van der Waals surface area (Å²) in [5, 5.41) is 3.60. The van der Waals surface area contributed by atoms with E-state index in [1.54, 1.807) is 10.8 Å².